The van der Waals surface area contributed by atoms with Crippen LogP contribution in [0.15, 0.2) is 6.07 Å². The molecule has 0 amide bonds. The second-order valence-electron chi connectivity index (χ2n) is 3.73. The SMILES string of the molecule is Clc1cc(C(Br)C2CCCC2)c(Cl)s1. The first-order valence-corrected chi connectivity index (χ1v) is 7.26. The Kier molecular flexibility index (Phi) is 3.80. The van der Waals surface area contributed by atoms with Gasteiger partial charge in [0.2, 0.25) is 0 Å². The number of hydrogen-bond acceptors (Lipinski definition) is 1. The van der Waals surface area contributed by atoms with Crippen molar-refractivity contribution in [3.05, 3.63) is 20.3 Å². The van der Waals surface area contributed by atoms with Gasteiger partial charge in [-0.1, -0.05) is 52.0 Å². The molecule has 1 unspecified atom stereocenters. The Labute approximate surface area is 107 Å². The number of hydrogen-bond donors (Lipinski definition) is 0. The van der Waals surface area contributed by atoms with Crippen molar-refractivity contribution in [3.63, 3.8) is 0 Å². The number of halogens is 3. The molecule has 1 heterocycles. The van der Waals surface area contributed by atoms with E-state index in [0.717, 1.165) is 14.6 Å². The molecule has 14 heavy (non-hydrogen) atoms. The van der Waals surface area contributed by atoms with Crippen molar-refractivity contribution in [2.45, 2.75) is 30.5 Å². The molecule has 0 radical (unpaired) electrons. The number of alkyl halides is 1. The van der Waals surface area contributed by atoms with Crippen LogP contribution >= 0.6 is 50.5 Å². The zero-order valence-corrected chi connectivity index (χ0v) is 11.5. The third-order valence-electron chi connectivity index (χ3n) is 2.79. The Morgan fingerprint density at radius 1 is 1.36 bits per heavy atom. The van der Waals surface area contributed by atoms with E-state index in [1.807, 2.05) is 6.07 Å². The van der Waals surface area contributed by atoms with Gasteiger partial charge in [0.25, 0.3) is 0 Å². The molecule has 4 heteroatoms. The molecular formula is C10H11BrCl2S. The quantitative estimate of drug-likeness (QED) is 0.616. The fraction of sp³-hybridized carbons (Fsp3) is 0.600. The summed E-state index contributed by atoms with van der Waals surface area (Å²) in [6.07, 6.45) is 5.31. The summed E-state index contributed by atoms with van der Waals surface area (Å²) in [6.45, 7) is 0. The highest BCUT2D eigenvalue weighted by Crippen LogP contribution is 2.46. The van der Waals surface area contributed by atoms with Crippen LogP contribution in [-0.4, -0.2) is 0 Å². The molecule has 0 spiro atoms. The maximum absolute atomic E-state index is 6.12. The summed E-state index contributed by atoms with van der Waals surface area (Å²) >= 11 is 17.2. The van der Waals surface area contributed by atoms with Gasteiger partial charge in [0.1, 0.15) is 0 Å². The summed E-state index contributed by atoms with van der Waals surface area (Å²) in [6, 6.07) is 1.99. The lowest BCUT2D eigenvalue weighted by molar-refractivity contribution is 0.543. The van der Waals surface area contributed by atoms with Gasteiger partial charge in [-0.15, -0.1) is 11.3 Å². The largest absolute Gasteiger partial charge is 0.111 e. The summed E-state index contributed by atoms with van der Waals surface area (Å²) < 4.78 is 1.62. The van der Waals surface area contributed by atoms with E-state index >= 15 is 0 Å². The molecule has 1 aliphatic carbocycles. The van der Waals surface area contributed by atoms with E-state index in [4.69, 9.17) is 23.2 Å². The molecule has 78 valence electrons. The van der Waals surface area contributed by atoms with Crippen molar-refractivity contribution in [3.8, 4) is 0 Å². The Bertz CT molecular complexity index is 318. The summed E-state index contributed by atoms with van der Waals surface area (Å²) in [5, 5.41) is 0. The molecule has 1 saturated carbocycles. The van der Waals surface area contributed by atoms with E-state index in [-0.39, 0.29) is 0 Å². The van der Waals surface area contributed by atoms with Gasteiger partial charge in [-0.05, 0) is 30.4 Å². The van der Waals surface area contributed by atoms with Crippen LogP contribution in [0.5, 0.6) is 0 Å². The van der Waals surface area contributed by atoms with Crippen LogP contribution in [0.3, 0.4) is 0 Å². The fourth-order valence-electron chi connectivity index (χ4n) is 2.04. The van der Waals surface area contributed by atoms with Crippen molar-refractivity contribution >= 4 is 50.5 Å². The van der Waals surface area contributed by atoms with Gasteiger partial charge in [-0.25, -0.2) is 0 Å². The lowest BCUT2D eigenvalue weighted by Crippen LogP contribution is -2.01. The zero-order chi connectivity index (χ0) is 10.1. The Morgan fingerprint density at radius 3 is 2.50 bits per heavy atom. The molecule has 1 aromatic rings. The van der Waals surface area contributed by atoms with Crippen molar-refractivity contribution in [2.24, 2.45) is 5.92 Å². The van der Waals surface area contributed by atoms with Crippen LogP contribution in [0.25, 0.3) is 0 Å². The van der Waals surface area contributed by atoms with Crippen molar-refractivity contribution < 1.29 is 0 Å². The van der Waals surface area contributed by atoms with Gasteiger partial charge < -0.3 is 0 Å². The van der Waals surface area contributed by atoms with Gasteiger partial charge in [-0.3, -0.25) is 0 Å². The second-order valence-corrected chi connectivity index (χ2v) is 7.00. The predicted molar refractivity (Wildman–Crippen MR) is 68.0 cm³/mol. The Balaban J connectivity index is 2.17. The molecule has 2 rings (SSSR count). The molecule has 0 nitrogen and oxygen atoms in total. The maximum atomic E-state index is 6.12. The molecule has 1 atom stereocenters. The normalized spacial score (nSPS) is 20.2. The average molecular weight is 314 g/mol. The first kappa shape index (κ1) is 11.3. The highest BCUT2D eigenvalue weighted by Gasteiger charge is 2.26. The zero-order valence-electron chi connectivity index (χ0n) is 7.60. The molecule has 0 saturated heterocycles. The second kappa shape index (κ2) is 4.73. The smallest absolute Gasteiger partial charge is 0.0987 e. The van der Waals surface area contributed by atoms with E-state index in [1.54, 1.807) is 0 Å². The minimum Gasteiger partial charge on any atom is -0.111 e. The van der Waals surface area contributed by atoms with Crippen molar-refractivity contribution in [2.75, 3.05) is 0 Å². The van der Waals surface area contributed by atoms with Crippen LogP contribution in [0.4, 0.5) is 0 Å². The highest BCUT2D eigenvalue weighted by atomic mass is 79.9. The standard InChI is InChI=1S/C10H11BrCl2S/c11-9(6-3-1-2-4-6)7-5-8(12)14-10(7)13/h5-6,9H,1-4H2. The number of rotatable bonds is 2. The number of thiophene rings is 1. The molecular weight excluding hydrogens is 303 g/mol. The van der Waals surface area contributed by atoms with E-state index in [2.05, 4.69) is 15.9 Å². The molecule has 0 N–H and O–H groups in total. The van der Waals surface area contributed by atoms with E-state index in [0.29, 0.717) is 4.83 Å². The lowest BCUT2D eigenvalue weighted by atomic mass is 10.00. The van der Waals surface area contributed by atoms with Crippen LogP contribution < -0.4 is 0 Å². The van der Waals surface area contributed by atoms with Crippen LogP contribution in [0, 0.1) is 5.92 Å². The van der Waals surface area contributed by atoms with Crippen LogP contribution in [0.1, 0.15) is 36.1 Å². The van der Waals surface area contributed by atoms with E-state index in [9.17, 15) is 0 Å². The molecule has 0 aliphatic heterocycles. The van der Waals surface area contributed by atoms with Crippen LogP contribution in [0.2, 0.25) is 8.67 Å². The predicted octanol–water partition coefficient (Wildman–Crippen LogP) is 5.68. The fourth-order valence-corrected chi connectivity index (χ4v) is 4.77. The first-order chi connectivity index (χ1) is 6.68. The molecule has 0 aromatic carbocycles. The lowest BCUT2D eigenvalue weighted by Gasteiger charge is -2.16. The molecule has 1 aromatic heterocycles. The van der Waals surface area contributed by atoms with E-state index in [1.165, 1.54) is 42.6 Å². The topological polar surface area (TPSA) is 0 Å². The highest BCUT2D eigenvalue weighted by molar-refractivity contribution is 9.09. The van der Waals surface area contributed by atoms with Gasteiger partial charge in [0.15, 0.2) is 0 Å². The monoisotopic (exact) mass is 312 g/mol. The summed E-state index contributed by atoms with van der Waals surface area (Å²) in [7, 11) is 0. The summed E-state index contributed by atoms with van der Waals surface area (Å²) in [4.78, 5) is 0.390. The van der Waals surface area contributed by atoms with E-state index < -0.39 is 0 Å². The maximum Gasteiger partial charge on any atom is 0.0987 e. The van der Waals surface area contributed by atoms with Gasteiger partial charge in [-0.2, -0.15) is 0 Å². The molecule has 0 bridgehead atoms. The third-order valence-corrected chi connectivity index (χ3v) is 5.55. The molecule has 1 fully saturated rings. The summed E-state index contributed by atoms with van der Waals surface area (Å²) in [5.41, 5.74) is 1.17. The first-order valence-electron chi connectivity index (χ1n) is 4.77. The van der Waals surface area contributed by atoms with Crippen LogP contribution in [-0.2, 0) is 0 Å². The van der Waals surface area contributed by atoms with Gasteiger partial charge in [0.05, 0.1) is 8.67 Å². The average Bonchev–Trinajstić information content (AvgIpc) is 2.73. The van der Waals surface area contributed by atoms with Crippen molar-refractivity contribution in [1.82, 2.24) is 0 Å². The third kappa shape index (κ3) is 2.29. The Morgan fingerprint density at radius 2 is 2.00 bits per heavy atom. The van der Waals surface area contributed by atoms with Crippen molar-refractivity contribution in [1.29, 1.82) is 0 Å². The minimum atomic E-state index is 0.390. The van der Waals surface area contributed by atoms with Gasteiger partial charge in [0, 0.05) is 4.83 Å². The van der Waals surface area contributed by atoms with Gasteiger partial charge >= 0.3 is 0 Å². The summed E-state index contributed by atoms with van der Waals surface area (Å²) in [5.74, 6) is 0.734. The molecule has 1 aliphatic rings. The minimum absolute atomic E-state index is 0.390. The Hall–Kier alpha value is 0.760.